The minimum Gasteiger partial charge on any atom is -0.490 e. The maximum Gasteiger partial charge on any atom is 0.119 e. The molecule has 2 aromatic rings. The molecule has 26 heavy (non-hydrogen) atoms. The van der Waals surface area contributed by atoms with Gasteiger partial charge in [0, 0.05) is 23.8 Å². The first-order valence-corrected chi connectivity index (χ1v) is 9.99. The van der Waals surface area contributed by atoms with Crippen LogP contribution in [-0.4, -0.2) is 34.6 Å². The van der Waals surface area contributed by atoms with Crippen molar-refractivity contribution < 1.29 is 4.74 Å². The Morgan fingerprint density at radius 1 is 1.12 bits per heavy atom. The number of pyridine rings is 1. The highest BCUT2D eigenvalue weighted by molar-refractivity contribution is 5.59. The highest BCUT2D eigenvalue weighted by atomic mass is 16.5. The van der Waals surface area contributed by atoms with Gasteiger partial charge in [0.1, 0.15) is 5.75 Å². The van der Waals surface area contributed by atoms with Crippen molar-refractivity contribution in [1.29, 1.82) is 0 Å². The van der Waals surface area contributed by atoms with E-state index < -0.39 is 0 Å². The first kappa shape index (κ1) is 17.5. The van der Waals surface area contributed by atoms with Crippen LogP contribution in [0.4, 0.5) is 0 Å². The van der Waals surface area contributed by atoms with Gasteiger partial charge in [0.05, 0.1) is 11.8 Å². The van der Waals surface area contributed by atoms with E-state index in [0.29, 0.717) is 17.6 Å². The lowest BCUT2D eigenvalue weighted by Crippen LogP contribution is -2.47. The summed E-state index contributed by atoms with van der Waals surface area (Å²) < 4.78 is 6.38. The predicted molar refractivity (Wildman–Crippen MR) is 106 cm³/mol. The fraction of sp³-hybridized carbons (Fsp3) is 0.522. The van der Waals surface area contributed by atoms with E-state index in [1.807, 2.05) is 24.4 Å². The van der Waals surface area contributed by atoms with Gasteiger partial charge in [-0.25, -0.2) is 0 Å². The van der Waals surface area contributed by atoms with Crippen LogP contribution in [0.1, 0.15) is 46.5 Å². The van der Waals surface area contributed by atoms with Gasteiger partial charge in [-0.05, 0) is 87.9 Å². The summed E-state index contributed by atoms with van der Waals surface area (Å²) in [5.41, 5.74) is 2.55. The number of aromatic nitrogens is 1. The first-order valence-electron chi connectivity index (χ1n) is 9.99. The van der Waals surface area contributed by atoms with Crippen molar-refractivity contribution in [3.8, 4) is 17.0 Å². The summed E-state index contributed by atoms with van der Waals surface area (Å²) in [6.07, 6.45) is 7.05. The van der Waals surface area contributed by atoms with Crippen LogP contribution in [0.3, 0.4) is 0 Å². The molecule has 1 aromatic carbocycles. The van der Waals surface area contributed by atoms with Crippen molar-refractivity contribution in [2.75, 3.05) is 6.54 Å². The van der Waals surface area contributed by atoms with Crippen molar-refractivity contribution in [2.24, 2.45) is 5.41 Å². The number of benzene rings is 1. The molecule has 1 aliphatic carbocycles. The monoisotopic (exact) mass is 350 g/mol. The molecular formula is C23H30N2O. The fourth-order valence-corrected chi connectivity index (χ4v) is 4.97. The molecule has 1 saturated heterocycles. The molecule has 0 radical (unpaired) electrons. The van der Waals surface area contributed by atoms with E-state index in [-0.39, 0.29) is 0 Å². The van der Waals surface area contributed by atoms with E-state index in [0.717, 1.165) is 29.5 Å². The second-order valence-electron chi connectivity index (χ2n) is 8.51. The lowest BCUT2D eigenvalue weighted by atomic mass is 9.70. The summed E-state index contributed by atoms with van der Waals surface area (Å²) >= 11 is 0. The molecule has 3 atom stereocenters. The molecule has 2 fully saturated rings. The molecule has 3 heteroatoms. The van der Waals surface area contributed by atoms with Crippen LogP contribution in [0.2, 0.25) is 0 Å². The molecule has 0 amide bonds. The van der Waals surface area contributed by atoms with Crippen LogP contribution in [-0.2, 0) is 0 Å². The Hall–Kier alpha value is -1.87. The Labute approximate surface area is 157 Å². The average molecular weight is 351 g/mol. The zero-order valence-electron chi connectivity index (χ0n) is 16.2. The van der Waals surface area contributed by atoms with E-state index in [4.69, 9.17) is 4.74 Å². The fourth-order valence-electron chi connectivity index (χ4n) is 4.97. The minimum atomic E-state index is 0.337. The van der Waals surface area contributed by atoms with Crippen molar-refractivity contribution >= 4 is 0 Å². The van der Waals surface area contributed by atoms with Crippen molar-refractivity contribution in [1.82, 2.24) is 9.88 Å². The van der Waals surface area contributed by atoms with Crippen LogP contribution in [0.25, 0.3) is 11.3 Å². The molecule has 2 heterocycles. The van der Waals surface area contributed by atoms with Crippen LogP contribution in [0, 0.1) is 5.41 Å². The summed E-state index contributed by atoms with van der Waals surface area (Å²) in [4.78, 5) is 7.12. The largest absolute Gasteiger partial charge is 0.490 e. The summed E-state index contributed by atoms with van der Waals surface area (Å²) in [7, 11) is 0. The van der Waals surface area contributed by atoms with Crippen LogP contribution in [0.15, 0.2) is 48.7 Å². The average Bonchev–Trinajstić information content (AvgIpc) is 3.00. The molecule has 0 bridgehead atoms. The number of rotatable bonds is 4. The first-order chi connectivity index (χ1) is 12.5. The second-order valence-corrected chi connectivity index (χ2v) is 8.51. The van der Waals surface area contributed by atoms with E-state index in [2.05, 4.69) is 54.9 Å². The van der Waals surface area contributed by atoms with Crippen molar-refractivity contribution in [2.45, 2.75) is 64.6 Å². The van der Waals surface area contributed by atoms with Gasteiger partial charge >= 0.3 is 0 Å². The third-order valence-corrected chi connectivity index (χ3v) is 6.38. The molecule has 1 aromatic heterocycles. The Morgan fingerprint density at radius 2 is 1.92 bits per heavy atom. The van der Waals surface area contributed by atoms with E-state index in [1.54, 1.807) is 0 Å². The maximum absolute atomic E-state index is 6.38. The Bertz CT molecular complexity index is 728. The molecule has 0 N–H and O–H groups in total. The van der Waals surface area contributed by atoms with Gasteiger partial charge in [0.15, 0.2) is 0 Å². The molecular weight excluding hydrogens is 320 g/mol. The van der Waals surface area contributed by atoms with Crippen LogP contribution >= 0.6 is 0 Å². The van der Waals surface area contributed by atoms with Gasteiger partial charge < -0.3 is 4.74 Å². The Kier molecular flexibility index (Phi) is 4.74. The summed E-state index contributed by atoms with van der Waals surface area (Å²) in [6, 6.07) is 15.8. The smallest absolute Gasteiger partial charge is 0.119 e. The number of hydrogen-bond donors (Lipinski definition) is 0. The van der Waals surface area contributed by atoms with Crippen LogP contribution < -0.4 is 4.74 Å². The third kappa shape index (κ3) is 3.37. The lowest BCUT2D eigenvalue weighted by molar-refractivity contribution is 0.0274. The number of nitrogens with zero attached hydrogens (tertiary/aromatic N) is 2. The van der Waals surface area contributed by atoms with Gasteiger partial charge in [-0.2, -0.15) is 0 Å². The number of fused-ring (bicyclic) bond motifs is 1. The predicted octanol–water partition coefficient (Wildman–Crippen LogP) is 5.17. The lowest BCUT2D eigenvalue weighted by Gasteiger charge is -2.43. The van der Waals surface area contributed by atoms with Crippen molar-refractivity contribution in [3.05, 3.63) is 48.7 Å². The molecule has 3 unspecified atom stereocenters. The number of ether oxygens (including phenoxy) is 1. The molecule has 4 rings (SSSR count). The van der Waals surface area contributed by atoms with Crippen LogP contribution in [0.5, 0.6) is 5.75 Å². The summed E-state index contributed by atoms with van der Waals surface area (Å²) in [6.45, 7) is 8.37. The minimum absolute atomic E-state index is 0.337. The van der Waals surface area contributed by atoms with Gasteiger partial charge in [0.2, 0.25) is 0 Å². The molecule has 3 nitrogen and oxygen atoms in total. The number of likely N-dealkylation sites (tertiary alicyclic amines) is 1. The Balaban J connectivity index is 1.41. The number of hydrogen-bond acceptors (Lipinski definition) is 3. The van der Waals surface area contributed by atoms with E-state index in [1.165, 1.54) is 25.8 Å². The summed E-state index contributed by atoms with van der Waals surface area (Å²) in [5, 5.41) is 0. The topological polar surface area (TPSA) is 25.4 Å². The van der Waals surface area contributed by atoms with Gasteiger partial charge in [-0.1, -0.05) is 13.0 Å². The normalized spacial score (nSPS) is 28.9. The molecule has 1 aliphatic heterocycles. The van der Waals surface area contributed by atoms with Gasteiger partial charge in [-0.15, -0.1) is 0 Å². The maximum atomic E-state index is 6.38. The van der Waals surface area contributed by atoms with Crippen molar-refractivity contribution in [3.63, 3.8) is 0 Å². The van der Waals surface area contributed by atoms with E-state index in [9.17, 15) is 0 Å². The highest BCUT2D eigenvalue weighted by Crippen LogP contribution is 2.48. The zero-order valence-corrected chi connectivity index (χ0v) is 16.2. The Morgan fingerprint density at radius 3 is 2.62 bits per heavy atom. The zero-order chi connectivity index (χ0) is 18.1. The quantitative estimate of drug-likeness (QED) is 0.761. The van der Waals surface area contributed by atoms with Gasteiger partial charge in [-0.3, -0.25) is 9.88 Å². The van der Waals surface area contributed by atoms with Gasteiger partial charge in [0.25, 0.3) is 0 Å². The third-order valence-electron chi connectivity index (χ3n) is 6.38. The standard InChI is InChI=1S/C23H30N2O/c1-17(2)25-15-13-23(3)16-20(11-12-22(23)25)26-19-9-7-18(8-10-19)21-6-4-5-14-24-21/h4-10,14,17,20,22H,11-13,15-16H2,1-3H3. The van der Waals surface area contributed by atoms with E-state index >= 15 is 0 Å². The molecule has 138 valence electrons. The second kappa shape index (κ2) is 7.03. The molecule has 1 saturated carbocycles. The highest BCUT2D eigenvalue weighted by Gasteiger charge is 2.48. The molecule has 0 spiro atoms. The SMILES string of the molecule is CC(C)N1CCC2(C)CC(Oc3ccc(-c4ccccn4)cc3)CCC12. The molecule has 2 aliphatic rings. The summed E-state index contributed by atoms with van der Waals surface area (Å²) in [5.74, 6) is 0.982.